The van der Waals surface area contributed by atoms with Crippen LogP contribution < -0.4 is 5.32 Å². The fraction of sp³-hybridized carbons (Fsp3) is 1.00. The Bertz CT molecular complexity index is 192. The molecule has 23 heavy (non-hydrogen) atoms. The van der Waals surface area contributed by atoms with Crippen LogP contribution in [-0.4, -0.2) is 37.1 Å². The molecule has 2 fully saturated rings. The molecule has 0 aromatic heterocycles. The van der Waals surface area contributed by atoms with Gasteiger partial charge >= 0.3 is 0 Å². The summed E-state index contributed by atoms with van der Waals surface area (Å²) < 4.78 is 0. The maximum atomic E-state index is 3.57. The first-order chi connectivity index (χ1) is 11.3. The summed E-state index contributed by atoms with van der Waals surface area (Å²) in [5.41, 5.74) is 0. The first-order valence-corrected chi connectivity index (χ1v) is 10.7. The summed E-state index contributed by atoms with van der Waals surface area (Å²) in [6, 6.07) is 0.855. The van der Waals surface area contributed by atoms with Gasteiger partial charge in [0.15, 0.2) is 0 Å². The van der Waals surface area contributed by atoms with Gasteiger partial charge in [0.25, 0.3) is 0 Å². The van der Waals surface area contributed by atoms with Crippen LogP contribution in [0.5, 0.6) is 0 Å². The van der Waals surface area contributed by atoms with Crippen LogP contribution in [0.15, 0.2) is 0 Å². The third-order valence-electron chi connectivity index (χ3n) is 4.61. The molecule has 2 aliphatic rings. The Morgan fingerprint density at radius 2 is 1.35 bits per heavy atom. The number of rotatable bonds is 4. The normalized spacial score (nSPS) is 19.4. The van der Waals surface area contributed by atoms with Gasteiger partial charge in [-0.3, -0.25) is 0 Å². The summed E-state index contributed by atoms with van der Waals surface area (Å²) >= 11 is 0. The fourth-order valence-corrected chi connectivity index (χ4v) is 3.03. The molecule has 142 valence electrons. The molecule has 2 nitrogen and oxygen atoms in total. The second-order valence-corrected chi connectivity index (χ2v) is 6.41. The van der Waals surface area contributed by atoms with Gasteiger partial charge in [-0.1, -0.05) is 67.7 Å². The molecular weight excluding hydrogens is 280 g/mol. The first kappa shape index (κ1) is 25.2. The van der Waals surface area contributed by atoms with Gasteiger partial charge in [-0.05, 0) is 64.2 Å². The molecule has 0 unspecified atom stereocenters. The van der Waals surface area contributed by atoms with Crippen LogP contribution >= 0.6 is 0 Å². The zero-order chi connectivity index (χ0) is 17.9. The molecule has 1 saturated heterocycles. The fourth-order valence-electron chi connectivity index (χ4n) is 3.03. The molecule has 1 saturated carbocycles. The Morgan fingerprint density at radius 1 is 0.826 bits per heavy atom. The second kappa shape index (κ2) is 20.0. The van der Waals surface area contributed by atoms with E-state index in [9.17, 15) is 0 Å². The molecule has 0 bridgehead atoms. The van der Waals surface area contributed by atoms with Crippen LogP contribution in [0.3, 0.4) is 0 Å². The predicted molar refractivity (Wildman–Crippen MR) is 108 cm³/mol. The molecule has 1 N–H and O–H groups in total. The van der Waals surface area contributed by atoms with Crippen molar-refractivity contribution in [3.63, 3.8) is 0 Å². The summed E-state index contributed by atoms with van der Waals surface area (Å²) in [5, 5.41) is 3.57. The minimum Gasteiger partial charge on any atom is -0.314 e. The van der Waals surface area contributed by atoms with Crippen molar-refractivity contribution in [2.45, 2.75) is 106 Å². The Morgan fingerprint density at radius 3 is 1.78 bits per heavy atom. The smallest absolute Gasteiger partial charge is 0.00670 e. The van der Waals surface area contributed by atoms with Crippen molar-refractivity contribution >= 4 is 0 Å². The van der Waals surface area contributed by atoms with E-state index in [4.69, 9.17) is 0 Å². The van der Waals surface area contributed by atoms with Crippen LogP contribution in [0.4, 0.5) is 0 Å². The number of piperidine rings is 1. The van der Waals surface area contributed by atoms with E-state index in [-0.39, 0.29) is 0 Å². The van der Waals surface area contributed by atoms with Gasteiger partial charge in [0.1, 0.15) is 0 Å². The lowest BCUT2D eigenvalue weighted by Gasteiger charge is -2.28. The van der Waals surface area contributed by atoms with Gasteiger partial charge < -0.3 is 10.2 Å². The maximum Gasteiger partial charge on any atom is 0.00670 e. The number of nitrogens with one attached hydrogen (secondary N) is 1. The van der Waals surface area contributed by atoms with Crippen LogP contribution in [0.2, 0.25) is 0 Å². The van der Waals surface area contributed by atoms with Gasteiger partial charge in [-0.15, -0.1) is 0 Å². The van der Waals surface area contributed by atoms with Crippen LogP contribution in [-0.2, 0) is 0 Å². The summed E-state index contributed by atoms with van der Waals surface area (Å²) in [4.78, 5) is 2.53. The third-order valence-corrected chi connectivity index (χ3v) is 4.61. The monoisotopic (exact) mass is 328 g/mol. The van der Waals surface area contributed by atoms with Crippen molar-refractivity contribution in [2.24, 2.45) is 5.92 Å². The predicted octanol–water partition coefficient (Wildman–Crippen LogP) is 6.11. The summed E-state index contributed by atoms with van der Waals surface area (Å²) in [6.45, 7) is 19.9. The Hall–Kier alpha value is -0.0800. The van der Waals surface area contributed by atoms with Gasteiger partial charge in [0.05, 0.1) is 0 Å². The highest BCUT2D eigenvalue weighted by atomic mass is 15.1. The van der Waals surface area contributed by atoms with Gasteiger partial charge in [-0.2, -0.15) is 0 Å². The molecule has 0 aromatic carbocycles. The van der Waals surface area contributed by atoms with E-state index >= 15 is 0 Å². The zero-order valence-corrected chi connectivity index (χ0v) is 17.6. The van der Waals surface area contributed by atoms with Crippen molar-refractivity contribution in [2.75, 3.05) is 26.2 Å². The third kappa shape index (κ3) is 15.2. The Balaban J connectivity index is 0. The summed E-state index contributed by atoms with van der Waals surface area (Å²) in [7, 11) is 0. The quantitative estimate of drug-likeness (QED) is 0.670. The number of nitrogens with zero attached hydrogens (tertiary/aromatic N) is 1. The highest BCUT2D eigenvalue weighted by Crippen LogP contribution is 2.17. The van der Waals surface area contributed by atoms with Crippen molar-refractivity contribution in [3.8, 4) is 0 Å². The van der Waals surface area contributed by atoms with Crippen LogP contribution in [0.1, 0.15) is 99.8 Å². The largest absolute Gasteiger partial charge is 0.314 e. The van der Waals surface area contributed by atoms with E-state index in [1.54, 1.807) is 0 Å². The minimum atomic E-state index is 0.855. The molecule has 2 heteroatoms. The Labute approximate surface area is 148 Å². The molecule has 2 rings (SSSR count). The number of hydrogen-bond donors (Lipinski definition) is 1. The zero-order valence-electron chi connectivity index (χ0n) is 17.6. The standard InChI is InChI=1S/C9H19N.C8H17N.2C2H6/c1-2-8-10-9-6-4-3-5-7-9;1-3-9-6-4-8(2)5-7-9;2*1-2/h9-10H,2-8H2,1H3;8H,3-7H2,1-2H3;2*1-2H3. The van der Waals surface area contributed by atoms with E-state index < -0.39 is 0 Å². The van der Waals surface area contributed by atoms with E-state index in [1.165, 1.54) is 77.5 Å². The van der Waals surface area contributed by atoms with Gasteiger partial charge in [0, 0.05) is 6.04 Å². The van der Waals surface area contributed by atoms with Gasteiger partial charge in [-0.25, -0.2) is 0 Å². The molecule has 0 aromatic rings. The number of likely N-dealkylation sites (tertiary alicyclic amines) is 1. The van der Waals surface area contributed by atoms with E-state index in [0.29, 0.717) is 0 Å². The van der Waals surface area contributed by atoms with Crippen LogP contribution in [0.25, 0.3) is 0 Å². The lowest BCUT2D eigenvalue weighted by atomic mass is 9.95. The topological polar surface area (TPSA) is 15.3 Å². The first-order valence-electron chi connectivity index (χ1n) is 10.7. The van der Waals surface area contributed by atoms with Crippen molar-refractivity contribution < 1.29 is 0 Å². The van der Waals surface area contributed by atoms with Crippen LogP contribution in [0, 0.1) is 5.92 Å². The molecule has 1 heterocycles. The molecule has 0 amide bonds. The molecule has 1 aliphatic carbocycles. The molecule has 1 aliphatic heterocycles. The molecule has 0 spiro atoms. The molecule has 0 radical (unpaired) electrons. The summed E-state index contributed by atoms with van der Waals surface area (Å²) in [5.74, 6) is 0.979. The summed E-state index contributed by atoms with van der Waals surface area (Å²) in [6.07, 6.45) is 11.3. The van der Waals surface area contributed by atoms with Crippen molar-refractivity contribution in [1.29, 1.82) is 0 Å². The highest BCUT2D eigenvalue weighted by Gasteiger charge is 2.13. The second-order valence-electron chi connectivity index (χ2n) is 6.41. The molecule has 0 atom stereocenters. The van der Waals surface area contributed by atoms with Gasteiger partial charge in [0.2, 0.25) is 0 Å². The van der Waals surface area contributed by atoms with Crippen molar-refractivity contribution in [1.82, 2.24) is 10.2 Å². The Kier molecular flexibility index (Phi) is 21.8. The van der Waals surface area contributed by atoms with Crippen molar-refractivity contribution in [3.05, 3.63) is 0 Å². The average Bonchev–Trinajstić information content (AvgIpc) is 2.65. The lowest BCUT2D eigenvalue weighted by molar-refractivity contribution is 0.201. The highest BCUT2D eigenvalue weighted by molar-refractivity contribution is 4.71. The SMILES string of the molecule is CC.CC.CCCNC1CCCCC1.CCN1CCC(C)CC1. The number of hydrogen-bond acceptors (Lipinski definition) is 2. The average molecular weight is 329 g/mol. The molecular formula is C21H48N2. The maximum absolute atomic E-state index is 3.57. The van der Waals surface area contributed by atoms with E-state index in [0.717, 1.165) is 12.0 Å². The van der Waals surface area contributed by atoms with E-state index in [2.05, 4.69) is 31.0 Å². The van der Waals surface area contributed by atoms with E-state index in [1.807, 2.05) is 27.7 Å². The lowest BCUT2D eigenvalue weighted by Crippen LogP contribution is -2.32. The minimum absolute atomic E-state index is 0.855.